The molecule has 3 aliphatic rings. The van der Waals surface area contributed by atoms with E-state index in [1.54, 1.807) is 0 Å². The summed E-state index contributed by atoms with van der Waals surface area (Å²) in [5.41, 5.74) is 0.761. The molecule has 94 valence electrons. The highest BCUT2D eigenvalue weighted by Gasteiger charge is 2.57. The Morgan fingerprint density at radius 1 is 1.41 bits per heavy atom. The molecule has 1 heterocycles. The Balaban J connectivity index is 2.01. The van der Waals surface area contributed by atoms with Gasteiger partial charge in [-0.1, -0.05) is 11.6 Å². The molecule has 0 saturated heterocycles. The van der Waals surface area contributed by atoms with Crippen molar-refractivity contribution in [1.29, 1.82) is 0 Å². The Kier molecular flexibility index (Phi) is 2.60. The average Bonchev–Trinajstić information content (AvgIpc) is 2.67. The Hall–Kier alpha value is -1.06. The van der Waals surface area contributed by atoms with Gasteiger partial charge in [-0.05, 0) is 38.5 Å². The van der Waals surface area contributed by atoms with Crippen LogP contribution in [0.15, 0.2) is 5.16 Å². The first-order chi connectivity index (χ1) is 8.28. The fourth-order valence-corrected chi connectivity index (χ4v) is 3.90. The largest absolute Gasteiger partial charge is 0.469 e. The highest BCUT2D eigenvalue weighted by atomic mass is 16.6. The van der Waals surface area contributed by atoms with Crippen LogP contribution in [0.3, 0.4) is 0 Å². The number of carbonyl (C=O) groups is 1. The van der Waals surface area contributed by atoms with Gasteiger partial charge in [0.25, 0.3) is 0 Å². The van der Waals surface area contributed by atoms with E-state index in [0.717, 1.165) is 50.7 Å². The molecule has 3 rings (SSSR count). The number of methoxy groups -OCH3 is 1. The topological polar surface area (TPSA) is 47.9 Å². The summed E-state index contributed by atoms with van der Waals surface area (Å²) in [4.78, 5) is 17.8. The highest BCUT2D eigenvalue weighted by molar-refractivity contribution is 5.95. The lowest BCUT2D eigenvalue weighted by atomic mass is 9.62. The maximum Gasteiger partial charge on any atom is 0.312 e. The number of hydrogen-bond donors (Lipinski definition) is 0. The molecule has 2 aliphatic carbocycles. The minimum Gasteiger partial charge on any atom is -0.469 e. The van der Waals surface area contributed by atoms with Crippen molar-refractivity contribution in [2.24, 2.45) is 16.5 Å². The van der Waals surface area contributed by atoms with Crippen molar-refractivity contribution in [1.82, 2.24) is 0 Å². The van der Waals surface area contributed by atoms with Gasteiger partial charge < -0.3 is 9.57 Å². The van der Waals surface area contributed by atoms with E-state index in [1.807, 2.05) is 0 Å². The van der Waals surface area contributed by atoms with Crippen molar-refractivity contribution in [2.75, 3.05) is 7.11 Å². The van der Waals surface area contributed by atoms with Crippen LogP contribution in [0.25, 0.3) is 0 Å². The van der Waals surface area contributed by atoms with Crippen molar-refractivity contribution in [3.8, 4) is 0 Å². The lowest BCUT2D eigenvalue weighted by molar-refractivity contribution is -0.158. The second kappa shape index (κ2) is 4.00. The van der Waals surface area contributed by atoms with E-state index in [2.05, 4.69) is 5.16 Å². The van der Waals surface area contributed by atoms with Crippen LogP contribution < -0.4 is 0 Å². The fourth-order valence-electron chi connectivity index (χ4n) is 3.90. The van der Waals surface area contributed by atoms with Gasteiger partial charge in [0.1, 0.15) is 6.10 Å². The van der Waals surface area contributed by atoms with Crippen molar-refractivity contribution in [2.45, 2.75) is 51.0 Å². The third-order valence-corrected chi connectivity index (χ3v) is 4.64. The van der Waals surface area contributed by atoms with Crippen molar-refractivity contribution < 1.29 is 14.4 Å². The van der Waals surface area contributed by atoms with Crippen molar-refractivity contribution >= 4 is 11.7 Å². The third-order valence-electron chi connectivity index (χ3n) is 4.64. The van der Waals surface area contributed by atoms with Crippen LogP contribution in [0, 0.1) is 11.3 Å². The van der Waals surface area contributed by atoms with Crippen molar-refractivity contribution in [3.05, 3.63) is 0 Å². The summed E-state index contributed by atoms with van der Waals surface area (Å²) in [5.74, 6) is 0.137. The molecular formula is C13H19NO3. The van der Waals surface area contributed by atoms with Gasteiger partial charge in [0.15, 0.2) is 0 Å². The molecule has 2 fully saturated rings. The summed E-state index contributed by atoms with van der Waals surface area (Å²) in [6.45, 7) is 0. The van der Waals surface area contributed by atoms with E-state index in [4.69, 9.17) is 9.57 Å². The molecule has 0 aromatic heterocycles. The normalized spacial score (nSPS) is 39.7. The molecule has 0 amide bonds. The number of nitrogens with zero attached hydrogens (tertiary/aromatic N) is 1. The Labute approximate surface area is 101 Å². The van der Waals surface area contributed by atoms with Crippen LogP contribution >= 0.6 is 0 Å². The summed E-state index contributed by atoms with van der Waals surface area (Å²) < 4.78 is 5.08. The smallest absolute Gasteiger partial charge is 0.312 e. The van der Waals surface area contributed by atoms with Gasteiger partial charge in [-0.15, -0.1) is 0 Å². The zero-order valence-electron chi connectivity index (χ0n) is 10.3. The van der Waals surface area contributed by atoms with Gasteiger partial charge in [-0.2, -0.15) is 0 Å². The highest BCUT2D eigenvalue weighted by Crippen LogP contribution is 2.51. The van der Waals surface area contributed by atoms with Crippen molar-refractivity contribution in [3.63, 3.8) is 0 Å². The number of esters is 1. The lowest BCUT2D eigenvalue weighted by Gasteiger charge is -2.40. The van der Waals surface area contributed by atoms with Gasteiger partial charge in [-0.3, -0.25) is 4.79 Å². The molecule has 0 radical (unpaired) electrons. The summed E-state index contributed by atoms with van der Waals surface area (Å²) in [6, 6.07) is 0. The van der Waals surface area contributed by atoms with E-state index >= 15 is 0 Å². The van der Waals surface area contributed by atoms with E-state index in [1.165, 1.54) is 7.11 Å². The lowest BCUT2D eigenvalue weighted by Crippen LogP contribution is -2.48. The Morgan fingerprint density at radius 2 is 2.24 bits per heavy atom. The molecule has 17 heavy (non-hydrogen) atoms. The summed E-state index contributed by atoms with van der Waals surface area (Å²) in [6.07, 6.45) is 7.25. The van der Waals surface area contributed by atoms with E-state index in [9.17, 15) is 4.79 Å². The molecule has 0 N–H and O–H groups in total. The van der Waals surface area contributed by atoms with Gasteiger partial charge in [0, 0.05) is 0 Å². The van der Waals surface area contributed by atoms with Crippen LogP contribution in [0.4, 0.5) is 0 Å². The molecular weight excluding hydrogens is 218 g/mol. The second-order valence-corrected chi connectivity index (χ2v) is 5.45. The molecule has 0 spiro atoms. The SMILES string of the molecule is COC(=O)[C@@]12CCCC[C@H]3ON=C(CCC1)[C@H]32. The predicted molar refractivity (Wildman–Crippen MR) is 62.6 cm³/mol. The number of rotatable bonds is 1. The predicted octanol–water partition coefficient (Wildman–Crippen LogP) is 2.27. The zero-order chi connectivity index (χ0) is 11.9. The van der Waals surface area contributed by atoms with Crippen LogP contribution in [-0.2, 0) is 14.4 Å². The molecule has 4 heteroatoms. The summed E-state index contributed by atoms with van der Waals surface area (Å²) in [5, 5.41) is 4.21. The fraction of sp³-hybridized carbons (Fsp3) is 0.846. The van der Waals surface area contributed by atoms with Crippen LogP contribution in [0.5, 0.6) is 0 Å². The molecule has 0 aromatic carbocycles. The molecule has 0 bridgehead atoms. The first-order valence-corrected chi connectivity index (χ1v) is 6.59. The van der Waals surface area contributed by atoms with E-state index in [0.29, 0.717) is 0 Å². The number of oxime groups is 1. The van der Waals surface area contributed by atoms with Gasteiger partial charge in [0.2, 0.25) is 0 Å². The van der Waals surface area contributed by atoms with Gasteiger partial charge >= 0.3 is 5.97 Å². The minimum atomic E-state index is -0.344. The molecule has 3 atom stereocenters. The zero-order valence-corrected chi connectivity index (χ0v) is 10.3. The number of carbonyl (C=O) groups excluding carboxylic acids is 1. The summed E-state index contributed by atoms with van der Waals surface area (Å²) in [7, 11) is 1.50. The second-order valence-electron chi connectivity index (χ2n) is 5.45. The van der Waals surface area contributed by atoms with E-state index in [-0.39, 0.29) is 23.4 Å². The van der Waals surface area contributed by atoms with Gasteiger partial charge in [-0.25, -0.2) is 0 Å². The number of ether oxygens (including phenoxy) is 1. The summed E-state index contributed by atoms with van der Waals surface area (Å²) >= 11 is 0. The standard InChI is InChI=1S/C13H19NO3/c1-16-12(15)13-7-3-2-6-10-11(13)9(14-17-10)5-4-8-13/h10-11H,2-8H2,1H3/t10-,11-,13+/m1/s1. The molecule has 4 nitrogen and oxygen atoms in total. The third kappa shape index (κ3) is 1.49. The minimum absolute atomic E-state index is 0.0488. The Morgan fingerprint density at radius 3 is 3.06 bits per heavy atom. The maximum absolute atomic E-state index is 12.3. The molecule has 2 saturated carbocycles. The molecule has 0 unspecified atom stereocenters. The quantitative estimate of drug-likeness (QED) is 0.657. The van der Waals surface area contributed by atoms with Crippen LogP contribution in [-0.4, -0.2) is 24.9 Å². The van der Waals surface area contributed by atoms with Crippen LogP contribution in [0.2, 0.25) is 0 Å². The first-order valence-electron chi connectivity index (χ1n) is 6.59. The maximum atomic E-state index is 12.3. The number of hydrogen-bond acceptors (Lipinski definition) is 4. The average molecular weight is 237 g/mol. The Bertz CT molecular complexity index is 366. The monoisotopic (exact) mass is 237 g/mol. The van der Waals surface area contributed by atoms with E-state index < -0.39 is 0 Å². The van der Waals surface area contributed by atoms with Gasteiger partial charge in [0.05, 0.1) is 24.2 Å². The molecule has 1 aliphatic heterocycles. The molecule has 0 aromatic rings. The first kappa shape index (κ1) is 11.1. The van der Waals surface area contributed by atoms with Crippen LogP contribution in [0.1, 0.15) is 44.9 Å².